The summed E-state index contributed by atoms with van der Waals surface area (Å²) in [5, 5.41) is 7.18. The molecular weight excluding hydrogens is 373 g/mol. The number of nitrogens with one attached hydrogen (secondary N) is 1. The van der Waals surface area contributed by atoms with Crippen LogP contribution in [0, 0.1) is 5.82 Å². The van der Waals surface area contributed by atoms with E-state index >= 15 is 0 Å². The van der Waals surface area contributed by atoms with Gasteiger partial charge in [0.2, 0.25) is 5.91 Å². The van der Waals surface area contributed by atoms with Gasteiger partial charge in [-0.3, -0.25) is 9.59 Å². The van der Waals surface area contributed by atoms with Crippen molar-refractivity contribution in [3.63, 3.8) is 0 Å². The summed E-state index contributed by atoms with van der Waals surface area (Å²) in [7, 11) is 1.57. The third-order valence-corrected chi connectivity index (χ3v) is 4.14. The Hall–Kier alpha value is -3.42. The third kappa shape index (κ3) is 4.71. The molecule has 0 saturated carbocycles. The predicted molar refractivity (Wildman–Crippen MR) is 108 cm³/mol. The second-order valence-electron chi connectivity index (χ2n) is 7.82. The third-order valence-electron chi connectivity index (χ3n) is 4.14. The first-order valence-electron chi connectivity index (χ1n) is 9.19. The van der Waals surface area contributed by atoms with Crippen LogP contribution < -0.4 is 5.32 Å². The second kappa shape index (κ2) is 7.90. The molecule has 0 aliphatic heterocycles. The molecule has 0 spiro atoms. The number of benzene rings is 1. The lowest BCUT2D eigenvalue weighted by Gasteiger charge is -2.23. The van der Waals surface area contributed by atoms with E-state index in [0.717, 1.165) is 0 Å². The summed E-state index contributed by atoms with van der Waals surface area (Å²) in [6.07, 6.45) is 5.04. The monoisotopic (exact) mass is 397 g/mol. The lowest BCUT2D eigenvalue weighted by Crippen LogP contribution is -2.46. The van der Waals surface area contributed by atoms with Gasteiger partial charge in [0.15, 0.2) is 5.82 Å². The normalized spacial score (nSPS) is 11.3. The molecule has 0 bridgehead atoms. The minimum Gasteiger partial charge on any atom is -0.350 e. The number of halogens is 1. The van der Waals surface area contributed by atoms with Gasteiger partial charge in [0, 0.05) is 25.0 Å². The molecule has 3 aromatic rings. The molecule has 2 heterocycles. The molecule has 0 fully saturated rings. The fraction of sp³-hybridized carbons (Fsp3) is 0.286. The number of hydrogen-bond donors (Lipinski definition) is 1. The van der Waals surface area contributed by atoms with Gasteiger partial charge in [0.25, 0.3) is 5.91 Å². The van der Waals surface area contributed by atoms with Gasteiger partial charge >= 0.3 is 0 Å². The van der Waals surface area contributed by atoms with E-state index in [1.807, 2.05) is 32.9 Å². The highest BCUT2D eigenvalue weighted by Crippen LogP contribution is 2.21. The quantitative estimate of drug-likeness (QED) is 0.720. The Bertz CT molecular complexity index is 1000. The Morgan fingerprint density at radius 2 is 1.76 bits per heavy atom. The van der Waals surface area contributed by atoms with E-state index in [4.69, 9.17) is 0 Å². The molecule has 29 heavy (non-hydrogen) atoms. The predicted octanol–water partition coefficient (Wildman–Crippen LogP) is 2.79. The number of carbonyl (C=O) groups excluding carboxylic acids is 2. The Kier molecular flexibility index (Phi) is 5.54. The van der Waals surface area contributed by atoms with Gasteiger partial charge in [-0.1, -0.05) is 0 Å². The highest BCUT2D eigenvalue weighted by molar-refractivity contribution is 5.99. The minimum atomic E-state index is -0.384. The minimum absolute atomic E-state index is 0.0804. The van der Waals surface area contributed by atoms with E-state index in [0.29, 0.717) is 17.1 Å². The van der Waals surface area contributed by atoms with Crippen molar-refractivity contribution in [2.45, 2.75) is 26.3 Å². The maximum Gasteiger partial charge on any atom is 0.259 e. The summed E-state index contributed by atoms with van der Waals surface area (Å²) < 4.78 is 16.6. The van der Waals surface area contributed by atoms with Gasteiger partial charge in [0.1, 0.15) is 11.4 Å². The zero-order valence-electron chi connectivity index (χ0n) is 16.9. The largest absolute Gasteiger partial charge is 0.350 e. The average molecular weight is 397 g/mol. The van der Waals surface area contributed by atoms with E-state index < -0.39 is 0 Å². The molecule has 2 amide bonds. The summed E-state index contributed by atoms with van der Waals surface area (Å²) in [6, 6.07) is 9.50. The molecule has 0 radical (unpaired) electrons. The van der Waals surface area contributed by atoms with Crippen LogP contribution in [0.2, 0.25) is 0 Å². The number of carbonyl (C=O) groups is 2. The SMILES string of the molecule is CN(CC(=O)NC(C)(C)C)C(=O)c1cnn(-c2ccc(F)cc2)c1-n1cccc1. The maximum atomic E-state index is 13.3. The molecule has 3 rings (SSSR count). The smallest absolute Gasteiger partial charge is 0.259 e. The maximum absolute atomic E-state index is 13.3. The lowest BCUT2D eigenvalue weighted by atomic mass is 10.1. The first-order chi connectivity index (χ1) is 13.7. The van der Waals surface area contributed by atoms with E-state index in [9.17, 15) is 14.0 Å². The van der Waals surface area contributed by atoms with Gasteiger partial charge in [-0.15, -0.1) is 0 Å². The summed E-state index contributed by atoms with van der Waals surface area (Å²) in [6.45, 7) is 5.56. The van der Waals surface area contributed by atoms with Gasteiger partial charge in [-0.05, 0) is 57.2 Å². The van der Waals surface area contributed by atoms with Crippen LogP contribution in [-0.2, 0) is 4.79 Å². The Labute approximate surface area is 168 Å². The van der Waals surface area contributed by atoms with Gasteiger partial charge < -0.3 is 14.8 Å². The average Bonchev–Trinajstić information content (AvgIpc) is 3.29. The lowest BCUT2D eigenvalue weighted by molar-refractivity contribution is -0.122. The van der Waals surface area contributed by atoms with E-state index in [1.165, 1.54) is 23.2 Å². The van der Waals surface area contributed by atoms with Gasteiger partial charge in [0.05, 0.1) is 18.4 Å². The molecule has 1 N–H and O–H groups in total. The van der Waals surface area contributed by atoms with Crippen molar-refractivity contribution in [1.82, 2.24) is 24.6 Å². The zero-order chi connectivity index (χ0) is 21.2. The molecule has 1 aromatic carbocycles. The number of aromatic nitrogens is 3. The highest BCUT2D eigenvalue weighted by Gasteiger charge is 2.24. The van der Waals surface area contributed by atoms with Crippen molar-refractivity contribution in [1.29, 1.82) is 0 Å². The molecule has 8 heteroatoms. The number of nitrogens with zero attached hydrogens (tertiary/aromatic N) is 4. The van der Waals surface area contributed by atoms with Crippen molar-refractivity contribution in [2.75, 3.05) is 13.6 Å². The van der Waals surface area contributed by atoms with Crippen LogP contribution in [0.15, 0.2) is 55.0 Å². The van der Waals surface area contributed by atoms with Crippen molar-refractivity contribution >= 4 is 11.8 Å². The van der Waals surface area contributed by atoms with E-state index in [1.54, 1.807) is 40.8 Å². The molecule has 2 aromatic heterocycles. The van der Waals surface area contributed by atoms with Crippen LogP contribution in [0.1, 0.15) is 31.1 Å². The first kappa shape index (κ1) is 20.3. The van der Waals surface area contributed by atoms with Crippen LogP contribution in [0.3, 0.4) is 0 Å². The summed E-state index contributed by atoms with van der Waals surface area (Å²) in [5.74, 6) is -0.438. The number of rotatable bonds is 5. The van der Waals surface area contributed by atoms with Crippen LogP contribution >= 0.6 is 0 Å². The zero-order valence-corrected chi connectivity index (χ0v) is 16.9. The molecule has 152 valence electrons. The summed E-state index contributed by atoms with van der Waals surface area (Å²) in [4.78, 5) is 26.6. The molecular formula is C21H24FN5O2. The van der Waals surface area contributed by atoms with Crippen LogP contribution in [0.4, 0.5) is 4.39 Å². The van der Waals surface area contributed by atoms with Crippen molar-refractivity contribution in [3.05, 3.63) is 66.4 Å². The van der Waals surface area contributed by atoms with Gasteiger partial charge in [-0.2, -0.15) is 5.10 Å². The number of amides is 2. The fourth-order valence-electron chi connectivity index (χ4n) is 2.94. The molecule has 7 nitrogen and oxygen atoms in total. The van der Waals surface area contributed by atoms with E-state index in [-0.39, 0.29) is 29.7 Å². The topological polar surface area (TPSA) is 72.2 Å². The standard InChI is InChI=1S/C21H24FN5O2/c1-21(2,3)24-18(28)14-25(4)20(29)17-13-23-27(16-9-7-15(22)8-10-16)19(17)26-11-5-6-12-26/h5-13H,14H2,1-4H3,(H,24,28). The molecule has 0 aliphatic carbocycles. The Morgan fingerprint density at radius 3 is 2.34 bits per heavy atom. The van der Waals surface area contributed by atoms with Gasteiger partial charge in [-0.25, -0.2) is 9.07 Å². The molecule has 0 atom stereocenters. The molecule has 0 saturated heterocycles. The highest BCUT2D eigenvalue weighted by atomic mass is 19.1. The number of hydrogen-bond acceptors (Lipinski definition) is 3. The molecule has 0 unspecified atom stereocenters. The van der Waals surface area contributed by atoms with Crippen molar-refractivity contribution < 1.29 is 14.0 Å². The van der Waals surface area contributed by atoms with Crippen LogP contribution in [-0.4, -0.2) is 50.2 Å². The first-order valence-corrected chi connectivity index (χ1v) is 9.19. The van der Waals surface area contributed by atoms with Crippen molar-refractivity contribution in [3.8, 4) is 11.5 Å². The van der Waals surface area contributed by atoms with E-state index in [2.05, 4.69) is 10.4 Å². The van der Waals surface area contributed by atoms with Crippen molar-refractivity contribution in [2.24, 2.45) is 0 Å². The summed E-state index contributed by atoms with van der Waals surface area (Å²) in [5.41, 5.74) is 0.559. The molecule has 0 aliphatic rings. The number of likely N-dealkylation sites (N-methyl/N-ethyl adjacent to an activating group) is 1. The fourth-order valence-corrected chi connectivity index (χ4v) is 2.94. The Morgan fingerprint density at radius 1 is 1.14 bits per heavy atom. The van der Waals surface area contributed by atoms with Crippen LogP contribution in [0.25, 0.3) is 11.5 Å². The second-order valence-corrected chi connectivity index (χ2v) is 7.82. The Balaban J connectivity index is 1.94. The summed E-state index contributed by atoms with van der Waals surface area (Å²) >= 11 is 0. The van der Waals surface area contributed by atoms with Crippen LogP contribution in [0.5, 0.6) is 0 Å².